The first-order chi connectivity index (χ1) is 9.12. The molecule has 2 unspecified atom stereocenters. The summed E-state index contributed by atoms with van der Waals surface area (Å²) in [6.45, 7) is 2.17. The summed E-state index contributed by atoms with van der Waals surface area (Å²) in [5.74, 6) is 1.55. The fourth-order valence-electron chi connectivity index (χ4n) is 2.68. The maximum Gasteiger partial charge on any atom is 0.161 e. The van der Waals surface area contributed by atoms with E-state index in [0.29, 0.717) is 0 Å². The van der Waals surface area contributed by atoms with Crippen molar-refractivity contribution >= 4 is 0 Å². The van der Waals surface area contributed by atoms with Gasteiger partial charge in [-0.15, -0.1) is 0 Å². The van der Waals surface area contributed by atoms with Crippen molar-refractivity contribution in [3.63, 3.8) is 0 Å². The van der Waals surface area contributed by atoms with Gasteiger partial charge in [0.25, 0.3) is 0 Å². The highest BCUT2D eigenvalue weighted by molar-refractivity contribution is 5.42. The van der Waals surface area contributed by atoms with Crippen molar-refractivity contribution < 1.29 is 14.6 Å². The Morgan fingerprint density at radius 1 is 1.42 bits per heavy atom. The molecular weight excluding hydrogens is 242 g/mol. The Kier molecular flexibility index (Phi) is 4.32. The Morgan fingerprint density at radius 2 is 2.21 bits per heavy atom. The molecule has 106 valence electrons. The van der Waals surface area contributed by atoms with Crippen LogP contribution in [0.3, 0.4) is 0 Å². The molecule has 0 aromatic heterocycles. The van der Waals surface area contributed by atoms with Gasteiger partial charge in [-0.2, -0.15) is 0 Å². The lowest BCUT2D eigenvalue weighted by atomic mass is 9.99. The number of hydrogen-bond donors (Lipinski definition) is 2. The Morgan fingerprint density at radius 3 is 2.79 bits per heavy atom. The molecule has 19 heavy (non-hydrogen) atoms. The zero-order valence-electron chi connectivity index (χ0n) is 11.9. The maximum atomic E-state index is 9.49. The first-order valence-corrected chi connectivity index (χ1v) is 6.73. The third-order valence-electron chi connectivity index (χ3n) is 4.01. The molecule has 0 saturated heterocycles. The predicted molar refractivity (Wildman–Crippen MR) is 74.9 cm³/mol. The van der Waals surface area contributed by atoms with Gasteiger partial charge >= 0.3 is 0 Å². The van der Waals surface area contributed by atoms with E-state index in [-0.39, 0.29) is 18.2 Å². The topological polar surface area (TPSA) is 50.7 Å². The maximum absolute atomic E-state index is 9.49. The summed E-state index contributed by atoms with van der Waals surface area (Å²) in [6, 6.07) is 5.94. The largest absolute Gasteiger partial charge is 0.493 e. The molecule has 0 amide bonds. The molecule has 1 saturated carbocycles. The zero-order valence-corrected chi connectivity index (χ0v) is 11.9. The van der Waals surface area contributed by atoms with E-state index in [9.17, 15) is 5.11 Å². The van der Waals surface area contributed by atoms with E-state index >= 15 is 0 Å². The van der Waals surface area contributed by atoms with Gasteiger partial charge in [0.2, 0.25) is 0 Å². The summed E-state index contributed by atoms with van der Waals surface area (Å²) in [4.78, 5) is 0. The number of likely N-dealkylation sites (N-methyl/N-ethyl adjacent to an activating group) is 1. The fraction of sp³-hybridized carbons (Fsp3) is 0.600. The quantitative estimate of drug-likeness (QED) is 0.853. The van der Waals surface area contributed by atoms with Crippen molar-refractivity contribution in [3.05, 3.63) is 23.8 Å². The van der Waals surface area contributed by atoms with Crippen LogP contribution in [0.15, 0.2) is 18.2 Å². The minimum Gasteiger partial charge on any atom is -0.493 e. The van der Waals surface area contributed by atoms with Crippen molar-refractivity contribution in [1.82, 2.24) is 5.32 Å². The van der Waals surface area contributed by atoms with Crippen molar-refractivity contribution in [1.29, 1.82) is 0 Å². The van der Waals surface area contributed by atoms with Crippen molar-refractivity contribution in [3.8, 4) is 11.5 Å². The van der Waals surface area contributed by atoms with Gasteiger partial charge in [-0.05, 0) is 44.5 Å². The lowest BCUT2D eigenvalue weighted by Crippen LogP contribution is -2.44. The summed E-state index contributed by atoms with van der Waals surface area (Å²) in [5.41, 5.74) is 0.957. The van der Waals surface area contributed by atoms with Crippen LogP contribution in [-0.2, 0) is 0 Å². The zero-order chi connectivity index (χ0) is 13.9. The summed E-state index contributed by atoms with van der Waals surface area (Å²) in [5, 5.41) is 12.7. The summed E-state index contributed by atoms with van der Waals surface area (Å²) < 4.78 is 11.4. The number of benzene rings is 1. The average molecular weight is 265 g/mol. The molecule has 4 nitrogen and oxygen atoms in total. The van der Waals surface area contributed by atoms with Gasteiger partial charge in [0, 0.05) is 12.0 Å². The van der Waals surface area contributed by atoms with Gasteiger partial charge in [0.1, 0.15) is 6.10 Å². The molecule has 4 heteroatoms. The molecule has 1 aliphatic carbocycles. The lowest BCUT2D eigenvalue weighted by molar-refractivity contribution is 0.144. The predicted octanol–water partition coefficient (Wildman–Crippen LogP) is 1.89. The van der Waals surface area contributed by atoms with Gasteiger partial charge in [0.05, 0.1) is 13.7 Å². The number of aryl methyl sites for hydroxylation is 1. The van der Waals surface area contributed by atoms with Crippen molar-refractivity contribution in [2.24, 2.45) is 0 Å². The van der Waals surface area contributed by atoms with E-state index in [0.717, 1.165) is 36.3 Å². The van der Waals surface area contributed by atoms with Crippen LogP contribution in [0.1, 0.15) is 24.8 Å². The Bertz CT molecular complexity index is 429. The molecule has 2 N–H and O–H groups in total. The molecule has 1 aromatic carbocycles. The number of aliphatic hydroxyl groups excluding tert-OH is 1. The summed E-state index contributed by atoms with van der Waals surface area (Å²) in [7, 11) is 3.55. The van der Waals surface area contributed by atoms with Gasteiger partial charge in [-0.25, -0.2) is 0 Å². The molecule has 1 aromatic rings. The van der Waals surface area contributed by atoms with Gasteiger partial charge < -0.3 is 19.9 Å². The van der Waals surface area contributed by atoms with Crippen LogP contribution >= 0.6 is 0 Å². The van der Waals surface area contributed by atoms with Crippen LogP contribution in [-0.4, -0.2) is 37.5 Å². The highest BCUT2D eigenvalue weighted by atomic mass is 16.5. The van der Waals surface area contributed by atoms with Crippen molar-refractivity contribution in [2.75, 3.05) is 20.8 Å². The highest BCUT2D eigenvalue weighted by Gasteiger charge is 2.38. The Hall–Kier alpha value is -1.26. The minimum atomic E-state index is -0.192. The second kappa shape index (κ2) is 5.80. The number of nitrogens with one attached hydrogen (secondary N) is 1. The van der Waals surface area contributed by atoms with Crippen LogP contribution in [0.25, 0.3) is 0 Å². The minimum absolute atomic E-state index is 0.121. The number of methoxy groups -OCH3 is 1. The van der Waals surface area contributed by atoms with Crippen LogP contribution in [0, 0.1) is 6.92 Å². The van der Waals surface area contributed by atoms with E-state index in [4.69, 9.17) is 9.47 Å². The Balaban J connectivity index is 2.07. The van der Waals surface area contributed by atoms with Crippen LogP contribution < -0.4 is 14.8 Å². The van der Waals surface area contributed by atoms with Gasteiger partial charge in [0.15, 0.2) is 11.5 Å². The summed E-state index contributed by atoms with van der Waals surface area (Å²) in [6.07, 6.45) is 2.81. The van der Waals surface area contributed by atoms with E-state index in [1.54, 1.807) is 7.11 Å². The molecule has 0 bridgehead atoms. The molecule has 1 aliphatic rings. The van der Waals surface area contributed by atoms with E-state index in [1.165, 1.54) is 0 Å². The van der Waals surface area contributed by atoms with Crippen LogP contribution in [0.4, 0.5) is 0 Å². The molecule has 0 radical (unpaired) electrons. The SMILES string of the molecule is CNC1(CO)CCC(Oc2ccc(C)cc2OC)C1. The monoisotopic (exact) mass is 265 g/mol. The molecule has 0 heterocycles. The molecule has 0 aliphatic heterocycles. The van der Waals surface area contributed by atoms with Gasteiger partial charge in [-0.1, -0.05) is 6.07 Å². The molecule has 1 fully saturated rings. The third kappa shape index (κ3) is 3.01. The van der Waals surface area contributed by atoms with E-state index in [2.05, 4.69) is 5.32 Å². The fourth-order valence-corrected chi connectivity index (χ4v) is 2.68. The normalized spacial score (nSPS) is 26.4. The Labute approximate surface area is 114 Å². The molecule has 0 spiro atoms. The number of rotatable bonds is 5. The number of aliphatic hydroxyl groups is 1. The third-order valence-corrected chi connectivity index (χ3v) is 4.01. The van der Waals surface area contributed by atoms with E-state index < -0.39 is 0 Å². The molecular formula is C15H23NO3. The summed E-state index contributed by atoms with van der Waals surface area (Å²) >= 11 is 0. The molecule has 2 rings (SSSR count). The molecule has 2 atom stereocenters. The van der Waals surface area contributed by atoms with Crippen LogP contribution in [0.5, 0.6) is 11.5 Å². The smallest absolute Gasteiger partial charge is 0.161 e. The standard InChI is InChI=1S/C15H23NO3/c1-11-4-5-13(14(8-11)18-3)19-12-6-7-15(9-12,10-17)16-2/h4-5,8,12,16-17H,6-7,9-10H2,1-3H3. The first kappa shape index (κ1) is 14.2. The second-order valence-corrected chi connectivity index (χ2v) is 5.33. The second-order valence-electron chi connectivity index (χ2n) is 5.33. The van der Waals surface area contributed by atoms with Crippen molar-refractivity contribution in [2.45, 2.75) is 37.8 Å². The highest BCUT2D eigenvalue weighted by Crippen LogP contribution is 2.35. The first-order valence-electron chi connectivity index (χ1n) is 6.73. The average Bonchev–Trinajstić information content (AvgIpc) is 2.85. The number of ether oxygens (including phenoxy) is 2. The van der Waals surface area contributed by atoms with Crippen LogP contribution in [0.2, 0.25) is 0 Å². The van der Waals surface area contributed by atoms with Gasteiger partial charge in [-0.3, -0.25) is 0 Å². The van der Waals surface area contributed by atoms with E-state index in [1.807, 2.05) is 32.2 Å². The number of hydrogen-bond acceptors (Lipinski definition) is 4. The lowest BCUT2D eigenvalue weighted by Gasteiger charge is -2.26.